The molecule has 0 aliphatic rings. The summed E-state index contributed by atoms with van der Waals surface area (Å²) in [6, 6.07) is 13.1. The zero-order valence-corrected chi connectivity index (χ0v) is 16.3. The van der Waals surface area contributed by atoms with E-state index >= 15 is 0 Å². The lowest BCUT2D eigenvalue weighted by atomic mass is 10.3. The number of amides is 1. The van der Waals surface area contributed by atoms with Crippen molar-refractivity contribution in [1.82, 2.24) is 9.55 Å². The van der Waals surface area contributed by atoms with Crippen LogP contribution in [0.4, 0.5) is 10.1 Å². The normalized spacial score (nSPS) is 12.0. The van der Waals surface area contributed by atoms with Crippen molar-refractivity contribution in [2.24, 2.45) is 0 Å². The van der Waals surface area contributed by atoms with Crippen LogP contribution in [0.15, 0.2) is 48.5 Å². The van der Waals surface area contributed by atoms with Gasteiger partial charge in [-0.3, -0.25) is 9.59 Å². The van der Waals surface area contributed by atoms with Gasteiger partial charge in [-0.05, 0) is 43.5 Å². The standard InChI is InChI=1S/C20H20FN3O3S/c1-13(20(26)22-15-7-5-6-14(21)10-15)27-19(25)11-24-17-9-4-3-8-16(17)23-18(24)12-28-2/h3-10,13H,11-12H2,1-2H3,(H,22,26)/t13-/m0/s1. The first kappa shape index (κ1) is 19.9. The van der Waals surface area contributed by atoms with Gasteiger partial charge in [0.2, 0.25) is 0 Å². The van der Waals surface area contributed by atoms with Gasteiger partial charge in [-0.15, -0.1) is 0 Å². The minimum absolute atomic E-state index is 0.0476. The summed E-state index contributed by atoms with van der Waals surface area (Å²) >= 11 is 1.60. The maximum Gasteiger partial charge on any atom is 0.326 e. The number of esters is 1. The molecule has 2 aromatic carbocycles. The molecule has 0 unspecified atom stereocenters. The molecule has 0 bridgehead atoms. The number of ether oxygens (including phenoxy) is 1. The van der Waals surface area contributed by atoms with Crippen molar-refractivity contribution >= 4 is 40.4 Å². The molecule has 3 aromatic rings. The van der Waals surface area contributed by atoms with E-state index in [1.54, 1.807) is 22.4 Å². The second kappa shape index (κ2) is 8.88. The average molecular weight is 401 g/mol. The number of halogens is 1. The Kier molecular flexibility index (Phi) is 6.30. The summed E-state index contributed by atoms with van der Waals surface area (Å²) in [6.07, 6.45) is 0.940. The molecule has 0 radical (unpaired) electrons. The molecule has 0 spiro atoms. The van der Waals surface area contributed by atoms with Crippen LogP contribution in [0.2, 0.25) is 0 Å². The molecule has 1 N–H and O–H groups in total. The Morgan fingerprint density at radius 3 is 2.79 bits per heavy atom. The van der Waals surface area contributed by atoms with Gasteiger partial charge in [0.05, 0.1) is 16.8 Å². The largest absolute Gasteiger partial charge is 0.451 e. The quantitative estimate of drug-likeness (QED) is 0.613. The molecule has 6 nitrogen and oxygen atoms in total. The van der Waals surface area contributed by atoms with Gasteiger partial charge < -0.3 is 14.6 Å². The first-order valence-corrected chi connectivity index (χ1v) is 10.1. The maximum atomic E-state index is 13.2. The third kappa shape index (κ3) is 4.69. The fourth-order valence-electron chi connectivity index (χ4n) is 2.77. The van der Waals surface area contributed by atoms with Crippen LogP contribution in [0.1, 0.15) is 12.7 Å². The number of nitrogens with one attached hydrogen (secondary N) is 1. The molecule has 3 rings (SSSR count). The molecule has 1 aromatic heterocycles. The monoisotopic (exact) mass is 401 g/mol. The Morgan fingerprint density at radius 1 is 1.25 bits per heavy atom. The van der Waals surface area contributed by atoms with Crippen LogP contribution in [-0.2, 0) is 26.6 Å². The predicted molar refractivity (Wildman–Crippen MR) is 108 cm³/mol. The van der Waals surface area contributed by atoms with E-state index in [0.717, 1.165) is 16.9 Å². The summed E-state index contributed by atoms with van der Waals surface area (Å²) in [7, 11) is 0. The number of fused-ring (bicyclic) bond motifs is 1. The van der Waals surface area contributed by atoms with E-state index < -0.39 is 23.8 Å². The van der Waals surface area contributed by atoms with Crippen molar-refractivity contribution in [2.45, 2.75) is 25.3 Å². The van der Waals surface area contributed by atoms with Gasteiger partial charge in [-0.2, -0.15) is 11.8 Å². The molecule has 0 aliphatic carbocycles. The lowest BCUT2D eigenvalue weighted by molar-refractivity contribution is -0.153. The number of thioether (sulfide) groups is 1. The summed E-state index contributed by atoms with van der Waals surface area (Å²) in [5.74, 6) is -0.123. The molecule has 146 valence electrons. The molecule has 28 heavy (non-hydrogen) atoms. The van der Waals surface area contributed by atoms with Crippen molar-refractivity contribution in [3.63, 3.8) is 0 Å². The molecular formula is C20H20FN3O3S. The van der Waals surface area contributed by atoms with Gasteiger partial charge in [0.25, 0.3) is 5.91 Å². The van der Waals surface area contributed by atoms with E-state index in [2.05, 4.69) is 10.3 Å². The van der Waals surface area contributed by atoms with Crippen molar-refractivity contribution in [2.75, 3.05) is 11.6 Å². The van der Waals surface area contributed by atoms with Gasteiger partial charge in [0.1, 0.15) is 18.2 Å². The van der Waals surface area contributed by atoms with Crippen molar-refractivity contribution < 1.29 is 18.7 Å². The van der Waals surface area contributed by atoms with E-state index in [9.17, 15) is 14.0 Å². The fourth-order valence-corrected chi connectivity index (χ4v) is 3.25. The SMILES string of the molecule is CSCc1nc2ccccc2n1CC(=O)O[C@@H](C)C(=O)Nc1cccc(F)c1. The second-order valence-electron chi connectivity index (χ2n) is 6.17. The number of carbonyl (C=O) groups excluding carboxylic acids is 2. The molecule has 0 saturated heterocycles. The number of anilines is 1. The van der Waals surface area contributed by atoms with E-state index in [4.69, 9.17) is 4.74 Å². The van der Waals surface area contributed by atoms with E-state index in [1.165, 1.54) is 25.1 Å². The zero-order chi connectivity index (χ0) is 20.1. The highest BCUT2D eigenvalue weighted by molar-refractivity contribution is 7.97. The van der Waals surface area contributed by atoms with E-state index in [0.29, 0.717) is 11.4 Å². The first-order chi connectivity index (χ1) is 13.5. The van der Waals surface area contributed by atoms with Crippen LogP contribution in [0.3, 0.4) is 0 Å². The number of para-hydroxylation sites is 2. The number of aromatic nitrogens is 2. The van der Waals surface area contributed by atoms with Gasteiger partial charge >= 0.3 is 5.97 Å². The van der Waals surface area contributed by atoms with Gasteiger partial charge in [0.15, 0.2) is 6.10 Å². The first-order valence-electron chi connectivity index (χ1n) is 8.67. The molecular weight excluding hydrogens is 381 g/mol. The van der Waals surface area contributed by atoms with E-state index in [1.807, 2.05) is 30.5 Å². The highest BCUT2D eigenvalue weighted by Gasteiger charge is 2.20. The molecule has 1 amide bonds. The second-order valence-corrected chi connectivity index (χ2v) is 7.03. The minimum Gasteiger partial charge on any atom is -0.451 e. The molecule has 1 atom stereocenters. The molecule has 0 fully saturated rings. The summed E-state index contributed by atoms with van der Waals surface area (Å²) in [5.41, 5.74) is 1.94. The Morgan fingerprint density at radius 2 is 2.04 bits per heavy atom. The number of rotatable bonds is 7. The van der Waals surface area contributed by atoms with Gasteiger partial charge in [0, 0.05) is 5.69 Å². The van der Waals surface area contributed by atoms with Crippen molar-refractivity contribution in [3.8, 4) is 0 Å². The summed E-state index contributed by atoms with van der Waals surface area (Å²) < 4.78 is 20.3. The van der Waals surface area contributed by atoms with Crippen molar-refractivity contribution in [3.05, 3.63) is 60.2 Å². The third-order valence-corrected chi connectivity index (χ3v) is 4.61. The minimum atomic E-state index is -1.02. The van der Waals surface area contributed by atoms with Crippen LogP contribution in [0.25, 0.3) is 11.0 Å². The highest BCUT2D eigenvalue weighted by atomic mass is 32.2. The Labute approximate surface area is 166 Å². The number of carbonyl (C=O) groups is 2. The van der Waals surface area contributed by atoms with Crippen LogP contribution in [-0.4, -0.2) is 33.8 Å². The number of hydrogen-bond donors (Lipinski definition) is 1. The maximum absolute atomic E-state index is 13.2. The lowest BCUT2D eigenvalue weighted by Crippen LogP contribution is -2.31. The predicted octanol–water partition coefficient (Wildman–Crippen LogP) is 3.61. The summed E-state index contributed by atoms with van der Waals surface area (Å²) in [5, 5.41) is 2.53. The Balaban J connectivity index is 1.67. The highest BCUT2D eigenvalue weighted by Crippen LogP contribution is 2.19. The number of benzene rings is 2. The number of nitrogens with zero attached hydrogens (tertiary/aromatic N) is 2. The van der Waals surface area contributed by atoms with Crippen LogP contribution in [0.5, 0.6) is 0 Å². The summed E-state index contributed by atoms with van der Waals surface area (Å²) in [4.78, 5) is 29.2. The molecule has 1 heterocycles. The van der Waals surface area contributed by atoms with Crippen molar-refractivity contribution in [1.29, 1.82) is 0 Å². The number of imidazole rings is 1. The van der Waals surface area contributed by atoms with Crippen LogP contribution >= 0.6 is 11.8 Å². The third-order valence-electron chi connectivity index (χ3n) is 4.06. The van der Waals surface area contributed by atoms with Gasteiger partial charge in [-0.1, -0.05) is 18.2 Å². The zero-order valence-electron chi connectivity index (χ0n) is 15.5. The van der Waals surface area contributed by atoms with Gasteiger partial charge in [-0.25, -0.2) is 9.37 Å². The molecule has 0 saturated carbocycles. The summed E-state index contributed by atoms with van der Waals surface area (Å²) in [6.45, 7) is 1.43. The smallest absolute Gasteiger partial charge is 0.326 e. The molecule has 0 aliphatic heterocycles. The topological polar surface area (TPSA) is 73.2 Å². The fraction of sp³-hybridized carbons (Fsp3) is 0.250. The van der Waals surface area contributed by atoms with Crippen LogP contribution < -0.4 is 5.32 Å². The Bertz CT molecular complexity index is 1010. The average Bonchev–Trinajstić information content (AvgIpc) is 2.99. The molecule has 8 heteroatoms. The van der Waals surface area contributed by atoms with E-state index in [-0.39, 0.29) is 6.54 Å². The number of hydrogen-bond acceptors (Lipinski definition) is 5. The Hall–Kier alpha value is -2.87. The van der Waals surface area contributed by atoms with Crippen LogP contribution in [0, 0.1) is 5.82 Å². The lowest BCUT2D eigenvalue weighted by Gasteiger charge is -2.15.